The fourth-order valence-electron chi connectivity index (χ4n) is 4.94. The third-order valence-corrected chi connectivity index (χ3v) is 7.91. The van der Waals surface area contributed by atoms with Gasteiger partial charge < -0.3 is 19.0 Å². The minimum atomic E-state index is -0.0877. The van der Waals surface area contributed by atoms with E-state index in [1.807, 2.05) is 30.7 Å². The predicted molar refractivity (Wildman–Crippen MR) is 121 cm³/mol. The van der Waals surface area contributed by atoms with E-state index in [4.69, 9.17) is 4.42 Å². The molecule has 2 atom stereocenters. The van der Waals surface area contributed by atoms with Crippen molar-refractivity contribution in [3.05, 3.63) is 41.4 Å². The highest BCUT2D eigenvalue weighted by Gasteiger charge is 2.60. The number of aromatic hydroxyl groups is 1. The molecule has 1 saturated carbocycles. The van der Waals surface area contributed by atoms with Crippen LogP contribution in [0.15, 0.2) is 34.2 Å². The van der Waals surface area contributed by atoms with Crippen LogP contribution in [0, 0.1) is 12.8 Å². The Hall–Kier alpha value is -2.65. The van der Waals surface area contributed by atoms with Crippen LogP contribution in [0.1, 0.15) is 41.4 Å². The molecule has 0 spiro atoms. The zero-order chi connectivity index (χ0) is 22.5. The lowest BCUT2D eigenvalue weighted by Gasteiger charge is -2.21. The highest BCUT2D eigenvalue weighted by molar-refractivity contribution is 7.99. The largest absolute Gasteiger partial charge is 0.507 e. The second-order valence-corrected chi connectivity index (χ2v) is 9.98. The van der Waals surface area contributed by atoms with Crippen molar-refractivity contribution in [3.8, 4) is 17.3 Å². The standard InChI is InChI=1S/C23H27N5O3S/c1-14-20(31-13-24-14)21-25-26-22(27(21)3)32-8-4-7-28-11-17-10-23(17,12-28)16-5-6-19(30)18(9-16)15(2)29/h5-6,9,13,17,30H,4,7-8,10-12H2,1-3H3/t17-,23-/m1/s1. The summed E-state index contributed by atoms with van der Waals surface area (Å²) in [5, 5.41) is 19.4. The molecule has 0 unspecified atom stereocenters. The fraction of sp³-hybridized carbons (Fsp3) is 0.478. The Balaban J connectivity index is 1.15. The first kappa shape index (κ1) is 21.2. The van der Waals surface area contributed by atoms with Crippen LogP contribution in [0.3, 0.4) is 0 Å². The van der Waals surface area contributed by atoms with E-state index in [1.165, 1.54) is 25.3 Å². The number of hydrogen-bond acceptors (Lipinski definition) is 8. The number of carbonyl (C=O) groups is 1. The van der Waals surface area contributed by atoms with E-state index in [9.17, 15) is 9.90 Å². The van der Waals surface area contributed by atoms with E-state index < -0.39 is 0 Å². The number of phenols is 1. The number of carbonyl (C=O) groups excluding carboxylic acids is 1. The minimum Gasteiger partial charge on any atom is -0.507 e. The second kappa shape index (κ2) is 8.04. The first-order valence-corrected chi connectivity index (χ1v) is 11.9. The summed E-state index contributed by atoms with van der Waals surface area (Å²) in [7, 11) is 1.95. The van der Waals surface area contributed by atoms with Gasteiger partial charge in [-0.15, -0.1) is 10.2 Å². The van der Waals surface area contributed by atoms with Crippen molar-refractivity contribution in [1.29, 1.82) is 0 Å². The van der Waals surface area contributed by atoms with Crippen LogP contribution in [0.2, 0.25) is 0 Å². The number of thioether (sulfide) groups is 1. The number of benzene rings is 1. The van der Waals surface area contributed by atoms with Crippen LogP contribution in [0.25, 0.3) is 11.6 Å². The quantitative estimate of drug-likeness (QED) is 0.315. The molecule has 1 aromatic carbocycles. The van der Waals surface area contributed by atoms with E-state index in [0.717, 1.165) is 42.7 Å². The van der Waals surface area contributed by atoms with Crippen molar-refractivity contribution in [2.75, 3.05) is 25.4 Å². The monoisotopic (exact) mass is 453 g/mol. The second-order valence-electron chi connectivity index (χ2n) is 8.91. The number of piperidine rings is 1. The van der Waals surface area contributed by atoms with Crippen molar-refractivity contribution in [3.63, 3.8) is 0 Å². The molecule has 3 aromatic rings. The number of oxazole rings is 1. The summed E-state index contributed by atoms with van der Waals surface area (Å²) < 4.78 is 7.40. The molecular formula is C23H27N5O3S. The van der Waals surface area contributed by atoms with Crippen LogP contribution in [0.5, 0.6) is 5.75 Å². The summed E-state index contributed by atoms with van der Waals surface area (Å²) in [4.78, 5) is 18.5. The van der Waals surface area contributed by atoms with Crippen molar-refractivity contribution in [1.82, 2.24) is 24.6 Å². The Labute approximate surface area is 191 Å². The maximum Gasteiger partial charge on any atom is 0.202 e. The van der Waals surface area contributed by atoms with Gasteiger partial charge in [-0.25, -0.2) is 4.98 Å². The van der Waals surface area contributed by atoms with Gasteiger partial charge in [0.25, 0.3) is 0 Å². The summed E-state index contributed by atoms with van der Waals surface area (Å²) in [5.41, 5.74) is 2.58. The van der Waals surface area contributed by atoms with Crippen molar-refractivity contribution in [2.24, 2.45) is 13.0 Å². The third-order valence-electron chi connectivity index (χ3n) is 6.80. The fourth-order valence-corrected chi connectivity index (χ4v) is 5.77. The van der Waals surface area contributed by atoms with Gasteiger partial charge in [-0.3, -0.25) is 4.79 Å². The van der Waals surface area contributed by atoms with Gasteiger partial charge >= 0.3 is 0 Å². The Morgan fingerprint density at radius 1 is 1.38 bits per heavy atom. The molecule has 32 heavy (non-hydrogen) atoms. The molecule has 1 aliphatic heterocycles. The lowest BCUT2D eigenvalue weighted by atomic mass is 9.92. The Morgan fingerprint density at radius 2 is 2.22 bits per heavy atom. The highest BCUT2D eigenvalue weighted by atomic mass is 32.2. The summed E-state index contributed by atoms with van der Waals surface area (Å²) in [6.45, 7) is 6.55. The van der Waals surface area contributed by atoms with Crippen LogP contribution in [0.4, 0.5) is 0 Å². The van der Waals surface area contributed by atoms with Crippen LogP contribution >= 0.6 is 11.8 Å². The number of fused-ring (bicyclic) bond motifs is 1. The highest BCUT2D eigenvalue weighted by Crippen LogP contribution is 2.59. The SMILES string of the molecule is CC(=O)c1cc([C@]23C[C@@H]2CN(CCCSc2nnc(-c4ocnc4C)n2C)C3)ccc1O. The summed E-state index contributed by atoms with van der Waals surface area (Å²) in [5.74, 6) is 2.95. The molecule has 2 aromatic heterocycles. The van der Waals surface area contributed by atoms with E-state index in [2.05, 4.69) is 20.1 Å². The molecule has 0 bridgehead atoms. The number of aryl methyl sites for hydroxylation is 1. The summed E-state index contributed by atoms with van der Waals surface area (Å²) >= 11 is 1.70. The summed E-state index contributed by atoms with van der Waals surface area (Å²) in [6, 6.07) is 5.56. The molecule has 3 heterocycles. The molecule has 8 nitrogen and oxygen atoms in total. The zero-order valence-electron chi connectivity index (χ0n) is 18.5. The first-order chi connectivity index (χ1) is 15.4. The van der Waals surface area contributed by atoms with Crippen LogP contribution < -0.4 is 0 Å². The number of ketones is 1. The molecule has 0 amide bonds. The average Bonchev–Trinajstić information content (AvgIpc) is 3.06. The normalized spacial score (nSPS) is 22.3. The molecule has 1 saturated heterocycles. The van der Waals surface area contributed by atoms with Crippen molar-refractivity contribution in [2.45, 2.75) is 37.3 Å². The number of Topliss-reactive ketones (excluding diaryl/α,β-unsaturated/α-hetero) is 1. The third kappa shape index (κ3) is 3.63. The lowest BCUT2D eigenvalue weighted by Crippen LogP contribution is -2.28. The Kier molecular flexibility index (Phi) is 5.33. The molecule has 0 radical (unpaired) electrons. The van der Waals surface area contributed by atoms with E-state index in [1.54, 1.807) is 17.8 Å². The van der Waals surface area contributed by atoms with Crippen molar-refractivity contribution < 1.29 is 14.3 Å². The van der Waals surface area contributed by atoms with Crippen LogP contribution in [-0.4, -0.2) is 60.9 Å². The molecule has 9 heteroatoms. The number of likely N-dealkylation sites (tertiary alicyclic amines) is 1. The lowest BCUT2D eigenvalue weighted by molar-refractivity contribution is 0.101. The Bertz CT molecular complexity index is 1170. The smallest absolute Gasteiger partial charge is 0.202 e. The number of nitrogens with zero attached hydrogens (tertiary/aromatic N) is 5. The predicted octanol–water partition coefficient (Wildman–Crippen LogP) is 3.44. The van der Waals surface area contributed by atoms with Gasteiger partial charge in [0.2, 0.25) is 5.82 Å². The molecule has 1 N–H and O–H groups in total. The molecule has 2 fully saturated rings. The van der Waals surface area contributed by atoms with Gasteiger partial charge in [0.15, 0.2) is 23.1 Å². The van der Waals surface area contributed by atoms with E-state index in [0.29, 0.717) is 23.1 Å². The number of phenolic OH excluding ortho intramolecular Hbond substituents is 1. The first-order valence-electron chi connectivity index (χ1n) is 10.9. The molecule has 5 rings (SSSR count). The number of hydrogen-bond donors (Lipinski definition) is 1. The van der Waals surface area contributed by atoms with Gasteiger partial charge in [0.1, 0.15) is 5.75 Å². The van der Waals surface area contributed by atoms with Gasteiger partial charge in [-0.2, -0.15) is 0 Å². The maximum absolute atomic E-state index is 11.8. The van der Waals surface area contributed by atoms with Gasteiger partial charge in [-0.1, -0.05) is 17.8 Å². The maximum atomic E-state index is 11.8. The van der Waals surface area contributed by atoms with Crippen molar-refractivity contribution >= 4 is 17.5 Å². The number of aromatic nitrogens is 4. The zero-order valence-corrected chi connectivity index (χ0v) is 19.4. The average molecular weight is 454 g/mol. The number of rotatable bonds is 8. The molecule has 168 valence electrons. The topological polar surface area (TPSA) is 97.3 Å². The van der Waals surface area contributed by atoms with E-state index in [-0.39, 0.29) is 16.9 Å². The van der Waals surface area contributed by atoms with Gasteiger partial charge in [0, 0.05) is 31.3 Å². The minimum absolute atomic E-state index is 0.0760. The van der Waals surface area contributed by atoms with Gasteiger partial charge in [0.05, 0.1) is 11.3 Å². The summed E-state index contributed by atoms with van der Waals surface area (Å²) in [6.07, 6.45) is 3.66. The van der Waals surface area contributed by atoms with Crippen LogP contribution in [-0.2, 0) is 12.5 Å². The molecule has 2 aliphatic rings. The molecule has 1 aliphatic carbocycles. The molecular weight excluding hydrogens is 426 g/mol. The van der Waals surface area contributed by atoms with E-state index >= 15 is 0 Å². The van der Waals surface area contributed by atoms with Gasteiger partial charge in [-0.05, 0) is 56.8 Å². The Morgan fingerprint density at radius 3 is 2.97 bits per heavy atom.